The molecule has 1 N–H and O–H groups in total. The minimum atomic E-state index is -1.05. The van der Waals surface area contributed by atoms with E-state index in [9.17, 15) is 4.79 Å². The van der Waals surface area contributed by atoms with Gasteiger partial charge in [-0.1, -0.05) is 18.2 Å². The molecule has 0 atom stereocenters. The molecule has 58 valence electrons. The summed E-state index contributed by atoms with van der Waals surface area (Å²) in [6, 6.07) is 0. The SMILES string of the molecule is C=C(C(=O)O)c1cnc(Cl)s1. The average Bonchev–Trinajstić information content (AvgIpc) is 2.34. The molecule has 0 aromatic carbocycles. The van der Waals surface area contributed by atoms with Crippen LogP contribution in [0.1, 0.15) is 4.88 Å². The van der Waals surface area contributed by atoms with Gasteiger partial charge in [-0.15, -0.1) is 11.3 Å². The van der Waals surface area contributed by atoms with Crippen LogP contribution < -0.4 is 0 Å². The van der Waals surface area contributed by atoms with Gasteiger partial charge in [-0.25, -0.2) is 9.78 Å². The van der Waals surface area contributed by atoms with Gasteiger partial charge in [0.05, 0.1) is 10.5 Å². The van der Waals surface area contributed by atoms with Crippen LogP contribution in [0.25, 0.3) is 5.57 Å². The maximum atomic E-state index is 10.3. The number of hydrogen-bond donors (Lipinski definition) is 1. The summed E-state index contributed by atoms with van der Waals surface area (Å²) in [4.78, 5) is 14.5. The normalized spacial score (nSPS) is 9.55. The van der Waals surface area contributed by atoms with Crippen LogP contribution >= 0.6 is 22.9 Å². The fourth-order valence-electron chi connectivity index (χ4n) is 0.498. The number of carboxylic acids is 1. The second-order valence-electron chi connectivity index (χ2n) is 1.76. The summed E-state index contributed by atoms with van der Waals surface area (Å²) in [5, 5.41) is 8.48. The van der Waals surface area contributed by atoms with Crippen molar-refractivity contribution >= 4 is 34.5 Å². The zero-order chi connectivity index (χ0) is 8.43. The molecule has 0 bridgehead atoms. The van der Waals surface area contributed by atoms with E-state index < -0.39 is 5.97 Å². The molecule has 5 heteroatoms. The summed E-state index contributed by atoms with van der Waals surface area (Å²) in [5.41, 5.74) is 0.0226. The smallest absolute Gasteiger partial charge is 0.336 e. The third-order valence-electron chi connectivity index (χ3n) is 1.03. The number of halogens is 1. The predicted molar refractivity (Wildman–Crippen MR) is 43.8 cm³/mol. The maximum Gasteiger partial charge on any atom is 0.336 e. The fraction of sp³-hybridized carbons (Fsp3) is 0. The Balaban J connectivity index is 2.94. The molecule has 0 saturated heterocycles. The van der Waals surface area contributed by atoms with Crippen LogP contribution in [0.4, 0.5) is 0 Å². The van der Waals surface area contributed by atoms with Crippen molar-refractivity contribution in [3.05, 3.63) is 22.1 Å². The molecule has 0 amide bonds. The van der Waals surface area contributed by atoms with Crippen LogP contribution in [0.5, 0.6) is 0 Å². The molecule has 11 heavy (non-hydrogen) atoms. The molecular weight excluding hydrogens is 186 g/mol. The molecule has 1 aromatic rings. The van der Waals surface area contributed by atoms with Crippen molar-refractivity contribution in [2.75, 3.05) is 0 Å². The summed E-state index contributed by atoms with van der Waals surface area (Å²) in [6.07, 6.45) is 1.39. The highest BCUT2D eigenvalue weighted by Gasteiger charge is 2.09. The first kappa shape index (κ1) is 8.23. The van der Waals surface area contributed by atoms with Gasteiger partial charge in [-0.2, -0.15) is 0 Å². The topological polar surface area (TPSA) is 50.2 Å². The zero-order valence-electron chi connectivity index (χ0n) is 5.37. The lowest BCUT2D eigenvalue weighted by atomic mass is 10.3. The van der Waals surface area contributed by atoms with Gasteiger partial charge in [0.1, 0.15) is 0 Å². The monoisotopic (exact) mass is 189 g/mol. The average molecular weight is 190 g/mol. The molecule has 0 aliphatic rings. The van der Waals surface area contributed by atoms with E-state index in [1.807, 2.05) is 0 Å². The molecule has 1 heterocycles. The third-order valence-corrected chi connectivity index (χ3v) is 2.21. The Kier molecular flexibility index (Phi) is 2.26. The van der Waals surface area contributed by atoms with Gasteiger partial charge in [-0.3, -0.25) is 0 Å². The van der Waals surface area contributed by atoms with Gasteiger partial charge in [0.15, 0.2) is 4.47 Å². The number of carbonyl (C=O) groups is 1. The Labute approximate surface area is 72.0 Å². The lowest BCUT2D eigenvalue weighted by molar-refractivity contribution is -0.130. The van der Waals surface area contributed by atoms with Crippen molar-refractivity contribution in [2.24, 2.45) is 0 Å². The van der Waals surface area contributed by atoms with Crippen LogP contribution in [0.2, 0.25) is 4.47 Å². The fourth-order valence-corrected chi connectivity index (χ4v) is 1.40. The predicted octanol–water partition coefficient (Wildman–Crippen LogP) is 1.89. The first-order valence-corrected chi connectivity index (χ1v) is 3.84. The number of carboxylic acid groups (broad SMARTS) is 1. The van der Waals surface area contributed by atoms with Gasteiger partial charge in [0.25, 0.3) is 0 Å². The number of aromatic nitrogens is 1. The van der Waals surface area contributed by atoms with Crippen LogP contribution in [0, 0.1) is 0 Å². The van der Waals surface area contributed by atoms with E-state index in [0.29, 0.717) is 9.34 Å². The quantitative estimate of drug-likeness (QED) is 0.723. The highest BCUT2D eigenvalue weighted by molar-refractivity contribution is 7.17. The van der Waals surface area contributed by atoms with E-state index >= 15 is 0 Å². The minimum absolute atomic E-state index is 0.0226. The molecule has 0 aliphatic heterocycles. The lowest BCUT2D eigenvalue weighted by Gasteiger charge is -1.90. The molecule has 0 fully saturated rings. The van der Waals surface area contributed by atoms with Gasteiger partial charge >= 0.3 is 5.97 Å². The number of rotatable bonds is 2. The van der Waals surface area contributed by atoms with Crippen LogP contribution in [-0.2, 0) is 4.79 Å². The minimum Gasteiger partial charge on any atom is -0.478 e. The zero-order valence-corrected chi connectivity index (χ0v) is 6.95. The highest BCUT2D eigenvalue weighted by Crippen LogP contribution is 2.23. The first-order chi connectivity index (χ1) is 5.11. The van der Waals surface area contributed by atoms with Gasteiger partial charge in [0, 0.05) is 6.20 Å². The van der Waals surface area contributed by atoms with Crippen molar-refractivity contribution in [1.29, 1.82) is 0 Å². The van der Waals surface area contributed by atoms with Crippen molar-refractivity contribution in [2.45, 2.75) is 0 Å². The molecule has 3 nitrogen and oxygen atoms in total. The molecular formula is C6H4ClNO2S. The van der Waals surface area contributed by atoms with Crippen molar-refractivity contribution in [3.8, 4) is 0 Å². The van der Waals surface area contributed by atoms with Gasteiger partial charge in [-0.05, 0) is 0 Å². The molecule has 0 radical (unpaired) electrons. The third kappa shape index (κ3) is 1.78. The Hall–Kier alpha value is -0.870. The summed E-state index contributed by atoms with van der Waals surface area (Å²) in [7, 11) is 0. The van der Waals surface area contributed by atoms with Crippen molar-refractivity contribution in [1.82, 2.24) is 4.98 Å². The second kappa shape index (κ2) is 3.02. The van der Waals surface area contributed by atoms with Crippen LogP contribution in [-0.4, -0.2) is 16.1 Å². The summed E-state index contributed by atoms with van der Waals surface area (Å²) >= 11 is 6.58. The van der Waals surface area contributed by atoms with Gasteiger partial charge < -0.3 is 5.11 Å². The number of aliphatic carboxylic acids is 1. The Bertz CT molecular complexity index is 307. The first-order valence-electron chi connectivity index (χ1n) is 2.65. The molecule has 0 unspecified atom stereocenters. The number of thiazole rings is 1. The van der Waals surface area contributed by atoms with E-state index in [1.54, 1.807) is 0 Å². The Morgan fingerprint density at radius 2 is 2.45 bits per heavy atom. The van der Waals surface area contributed by atoms with E-state index in [-0.39, 0.29) is 5.57 Å². The standard InChI is InChI=1S/C6H4ClNO2S/c1-3(5(9)10)4-2-8-6(7)11-4/h2H,1H2,(H,9,10). The maximum absolute atomic E-state index is 10.3. The molecule has 0 saturated carbocycles. The molecule has 0 aliphatic carbocycles. The molecule has 1 rings (SSSR count). The van der Waals surface area contributed by atoms with Gasteiger partial charge in [0.2, 0.25) is 0 Å². The van der Waals surface area contributed by atoms with Crippen molar-refractivity contribution in [3.63, 3.8) is 0 Å². The second-order valence-corrected chi connectivity index (χ2v) is 3.37. The Morgan fingerprint density at radius 3 is 2.82 bits per heavy atom. The van der Waals surface area contributed by atoms with Crippen molar-refractivity contribution < 1.29 is 9.90 Å². The highest BCUT2D eigenvalue weighted by atomic mass is 35.5. The number of hydrogen-bond acceptors (Lipinski definition) is 3. The summed E-state index contributed by atoms with van der Waals surface area (Å²) < 4.78 is 0.322. The van der Waals surface area contributed by atoms with E-state index in [2.05, 4.69) is 11.6 Å². The number of nitrogens with zero attached hydrogens (tertiary/aromatic N) is 1. The van der Waals surface area contributed by atoms with Crippen LogP contribution in [0.15, 0.2) is 12.8 Å². The van der Waals surface area contributed by atoms with Crippen LogP contribution in [0.3, 0.4) is 0 Å². The molecule has 1 aromatic heterocycles. The largest absolute Gasteiger partial charge is 0.478 e. The lowest BCUT2D eigenvalue weighted by Crippen LogP contribution is -1.95. The summed E-state index contributed by atoms with van der Waals surface area (Å²) in [6.45, 7) is 3.35. The van der Waals surface area contributed by atoms with E-state index in [4.69, 9.17) is 16.7 Å². The van der Waals surface area contributed by atoms with E-state index in [1.165, 1.54) is 6.20 Å². The Morgan fingerprint density at radius 1 is 1.82 bits per heavy atom. The van der Waals surface area contributed by atoms with E-state index in [0.717, 1.165) is 11.3 Å². The molecule has 0 spiro atoms. The summed E-state index contributed by atoms with van der Waals surface area (Å²) in [5.74, 6) is -1.05.